The van der Waals surface area contributed by atoms with Gasteiger partial charge in [0.2, 0.25) is 5.78 Å². The molecule has 0 spiro atoms. The molecule has 1 aromatic heterocycles. The van der Waals surface area contributed by atoms with Crippen molar-refractivity contribution in [2.24, 2.45) is 0 Å². The molecule has 0 aliphatic rings. The number of para-hydroxylation sites is 1. The van der Waals surface area contributed by atoms with Crippen LogP contribution in [0, 0.1) is 0 Å². The molecule has 0 aliphatic heterocycles. The topological polar surface area (TPSA) is 34.9 Å². The molecule has 0 saturated carbocycles. The molecule has 2 aromatic carbocycles. The van der Waals surface area contributed by atoms with Gasteiger partial charge >= 0.3 is 0 Å². The lowest BCUT2D eigenvalue weighted by Crippen LogP contribution is -2.09. The number of imidazole rings is 1. The fourth-order valence-electron chi connectivity index (χ4n) is 2.21. The van der Waals surface area contributed by atoms with Crippen LogP contribution in [-0.4, -0.2) is 21.6 Å². The van der Waals surface area contributed by atoms with Gasteiger partial charge in [-0.25, -0.2) is 4.98 Å². The molecular formula is C17H13ClN2OS. The minimum absolute atomic E-state index is 0.0673. The Kier molecular flexibility index (Phi) is 4.32. The molecule has 5 heteroatoms. The first-order valence-corrected chi connectivity index (χ1v) is 8.28. The summed E-state index contributed by atoms with van der Waals surface area (Å²) < 4.78 is 1.82. The number of halogens is 1. The van der Waals surface area contributed by atoms with Crippen LogP contribution in [-0.2, 0) is 0 Å². The number of benzene rings is 2. The van der Waals surface area contributed by atoms with E-state index in [4.69, 9.17) is 11.6 Å². The number of ketones is 1. The van der Waals surface area contributed by atoms with E-state index in [0.29, 0.717) is 21.3 Å². The lowest BCUT2D eigenvalue weighted by atomic mass is 10.1. The van der Waals surface area contributed by atoms with Crippen LogP contribution in [0.15, 0.2) is 66.0 Å². The van der Waals surface area contributed by atoms with Crippen LogP contribution < -0.4 is 0 Å². The van der Waals surface area contributed by atoms with Gasteiger partial charge in [0, 0.05) is 16.3 Å². The van der Waals surface area contributed by atoms with E-state index in [1.54, 1.807) is 30.6 Å². The molecule has 3 aromatic rings. The lowest BCUT2D eigenvalue weighted by molar-refractivity contribution is 0.102. The number of hydrogen-bond acceptors (Lipinski definition) is 3. The third-order valence-corrected chi connectivity index (χ3v) is 4.22. The maximum absolute atomic E-state index is 12.9. The van der Waals surface area contributed by atoms with Crippen molar-refractivity contribution < 1.29 is 4.79 Å². The van der Waals surface area contributed by atoms with Crippen molar-refractivity contribution in [3.05, 3.63) is 77.2 Å². The minimum Gasteiger partial charge on any atom is -0.295 e. The van der Waals surface area contributed by atoms with Gasteiger partial charge in [-0.3, -0.25) is 9.36 Å². The summed E-state index contributed by atoms with van der Waals surface area (Å²) >= 11 is 7.35. The second-order valence-corrected chi connectivity index (χ2v) is 5.88. The first kappa shape index (κ1) is 14.9. The first-order chi connectivity index (χ1) is 10.7. The molecule has 110 valence electrons. The normalized spacial score (nSPS) is 10.6. The van der Waals surface area contributed by atoms with E-state index in [1.807, 2.05) is 41.2 Å². The highest BCUT2D eigenvalue weighted by molar-refractivity contribution is 7.98. The standard InChI is InChI=1S/C17H13ClN2OS/c1-22-17-15(16(21)12-7-9-13(18)10-8-12)20(11-19-17)14-5-3-2-4-6-14/h2-11H,1H3. The van der Waals surface area contributed by atoms with Crippen molar-refractivity contribution >= 4 is 29.1 Å². The molecule has 0 bridgehead atoms. The molecule has 0 aliphatic carbocycles. The zero-order chi connectivity index (χ0) is 15.5. The third-order valence-electron chi connectivity index (χ3n) is 3.28. The van der Waals surface area contributed by atoms with Gasteiger partial charge in [0.1, 0.15) is 17.0 Å². The predicted molar refractivity (Wildman–Crippen MR) is 90.2 cm³/mol. The van der Waals surface area contributed by atoms with Gasteiger partial charge in [0.15, 0.2) is 0 Å². The second kappa shape index (κ2) is 6.38. The van der Waals surface area contributed by atoms with Crippen LogP contribution in [0.1, 0.15) is 16.1 Å². The zero-order valence-corrected chi connectivity index (χ0v) is 13.4. The fourth-order valence-corrected chi connectivity index (χ4v) is 2.87. The highest BCUT2D eigenvalue weighted by Gasteiger charge is 2.20. The largest absolute Gasteiger partial charge is 0.295 e. The molecule has 0 N–H and O–H groups in total. The van der Waals surface area contributed by atoms with Crippen LogP contribution in [0.4, 0.5) is 0 Å². The van der Waals surface area contributed by atoms with E-state index in [-0.39, 0.29) is 5.78 Å². The maximum atomic E-state index is 12.9. The number of rotatable bonds is 4. The number of carbonyl (C=O) groups is 1. The van der Waals surface area contributed by atoms with E-state index < -0.39 is 0 Å². The van der Waals surface area contributed by atoms with E-state index in [9.17, 15) is 4.79 Å². The average Bonchev–Trinajstić information content (AvgIpc) is 2.99. The van der Waals surface area contributed by atoms with Crippen molar-refractivity contribution in [3.8, 4) is 5.69 Å². The second-order valence-electron chi connectivity index (χ2n) is 4.64. The Morgan fingerprint density at radius 2 is 1.77 bits per heavy atom. The van der Waals surface area contributed by atoms with Crippen LogP contribution >= 0.6 is 23.4 Å². The van der Waals surface area contributed by atoms with Gasteiger partial charge in [0.25, 0.3) is 0 Å². The van der Waals surface area contributed by atoms with Crippen molar-refractivity contribution in [3.63, 3.8) is 0 Å². The Morgan fingerprint density at radius 3 is 2.41 bits per heavy atom. The molecule has 1 heterocycles. The van der Waals surface area contributed by atoms with Crippen molar-refractivity contribution in [1.29, 1.82) is 0 Å². The van der Waals surface area contributed by atoms with Crippen LogP contribution in [0.25, 0.3) is 5.69 Å². The number of hydrogen-bond donors (Lipinski definition) is 0. The SMILES string of the molecule is CSc1ncn(-c2ccccc2)c1C(=O)c1ccc(Cl)cc1. The zero-order valence-electron chi connectivity index (χ0n) is 11.9. The summed E-state index contributed by atoms with van der Waals surface area (Å²) in [5, 5.41) is 1.32. The molecule has 0 amide bonds. The molecule has 3 rings (SSSR count). The smallest absolute Gasteiger partial charge is 0.212 e. The van der Waals surface area contributed by atoms with Gasteiger partial charge in [0.05, 0.1) is 0 Å². The molecule has 22 heavy (non-hydrogen) atoms. The Hall–Kier alpha value is -2.04. The summed E-state index contributed by atoms with van der Waals surface area (Å²) in [6.45, 7) is 0. The lowest BCUT2D eigenvalue weighted by Gasteiger charge is -2.09. The summed E-state index contributed by atoms with van der Waals surface area (Å²) in [6, 6.07) is 16.6. The third kappa shape index (κ3) is 2.80. The van der Waals surface area contributed by atoms with Crippen LogP contribution in [0.2, 0.25) is 5.02 Å². The maximum Gasteiger partial charge on any atom is 0.212 e. The summed E-state index contributed by atoms with van der Waals surface area (Å²) in [7, 11) is 0. The quantitative estimate of drug-likeness (QED) is 0.523. The van der Waals surface area contributed by atoms with Crippen molar-refractivity contribution in [1.82, 2.24) is 9.55 Å². The molecule has 3 nitrogen and oxygen atoms in total. The van der Waals surface area contributed by atoms with Crippen LogP contribution in [0.5, 0.6) is 0 Å². The number of carbonyl (C=O) groups excluding carboxylic acids is 1. The molecular weight excluding hydrogens is 316 g/mol. The molecule has 0 radical (unpaired) electrons. The molecule has 0 unspecified atom stereocenters. The highest BCUT2D eigenvalue weighted by Crippen LogP contribution is 2.25. The Balaban J connectivity index is 2.11. The number of thioether (sulfide) groups is 1. The fraction of sp³-hybridized carbons (Fsp3) is 0.0588. The number of aromatic nitrogens is 2. The van der Waals surface area contributed by atoms with Gasteiger partial charge in [-0.2, -0.15) is 0 Å². The summed E-state index contributed by atoms with van der Waals surface area (Å²) in [5.74, 6) is -0.0673. The van der Waals surface area contributed by atoms with Gasteiger partial charge in [-0.1, -0.05) is 29.8 Å². The predicted octanol–water partition coefficient (Wildman–Crippen LogP) is 4.48. The van der Waals surface area contributed by atoms with Crippen molar-refractivity contribution in [2.75, 3.05) is 6.26 Å². The first-order valence-electron chi connectivity index (χ1n) is 6.67. The Labute approximate surface area is 138 Å². The van der Waals surface area contributed by atoms with E-state index in [0.717, 1.165) is 5.69 Å². The highest BCUT2D eigenvalue weighted by atomic mass is 35.5. The molecule has 0 atom stereocenters. The Morgan fingerprint density at radius 1 is 1.09 bits per heavy atom. The minimum atomic E-state index is -0.0673. The van der Waals surface area contributed by atoms with Gasteiger partial charge in [-0.15, -0.1) is 11.8 Å². The molecule has 0 fully saturated rings. The summed E-state index contributed by atoms with van der Waals surface area (Å²) in [5.41, 5.74) is 2.08. The molecule has 0 saturated heterocycles. The average molecular weight is 329 g/mol. The van der Waals surface area contributed by atoms with Gasteiger partial charge in [-0.05, 0) is 42.7 Å². The van der Waals surface area contributed by atoms with Gasteiger partial charge < -0.3 is 0 Å². The van der Waals surface area contributed by atoms with E-state index in [1.165, 1.54) is 11.8 Å². The Bertz CT molecular complexity index is 797. The summed E-state index contributed by atoms with van der Waals surface area (Å²) in [6.07, 6.45) is 3.60. The number of nitrogens with zero attached hydrogens (tertiary/aromatic N) is 2. The monoisotopic (exact) mass is 328 g/mol. The van der Waals surface area contributed by atoms with E-state index >= 15 is 0 Å². The summed E-state index contributed by atoms with van der Waals surface area (Å²) in [4.78, 5) is 17.2. The van der Waals surface area contributed by atoms with Crippen LogP contribution in [0.3, 0.4) is 0 Å². The van der Waals surface area contributed by atoms with E-state index in [2.05, 4.69) is 4.98 Å². The van der Waals surface area contributed by atoms with Crippen molar-refractivity contribution in [2.45, 2.75) is 5.03 Å².